The van der Waals surface area contributed by atoms with Crippen molar-refractivity contribution >= 4 is 11.9 Å². The summed E-state index contributed by atoms with van der Waals surface area (Å²) in [5.74, 6) is 0.588. The van der Waals surface area contributed by atoms with E-state index in [1.54, 1.807) is 4.90 Å². The minimum atomic E-state index is -0.659. The molecule has 1 amide bonds. The fraction of sp³-hybridized carbons (Fsp3) is 0.529. The molecule has 0 bridgehead atoms. The zero-order chi connectivity index (χ0) is 16.3. The van der Waals surface area contributed by atoms with Crippen molar-refractivity contribution in [3.63, 3.8) is 0 Å². The smallest absolute Gasteiger partial charge is 0.255 e. The quantitative estimate of drug-likeness (QED) is 0.753. The number of nitrogens with zero attached hydrogens (tertiary/aromatic N) is 1. The number of carbonyl (C=O) groups excluding carboxylic acids is 1. The van der Waals surface area contributed by atoms with E-state index in [4.69, 9.17) is 5.41 Å². The minimum absolute atomic E-state index is 0.00906. The Kier molecular flexibility index (Phi) is 4.86. The molecule has 5 nitrogen and oxygen atoms in total. The number of hydrogen-bond donors (Lipinski definition) is 3. The maximum atomic E-state index is 12.7. The number of guanidine groups is 1. The minimum Gasteiger partial charge on any atom is -0.342 e. The van der Waals surface area contributed by atoms with Gasteiger partial charge in [-0.15, -0.1) is 0 Å². The van der Waals surface area contributed by atoms with Crippen molar-refractivity contribution in [1.29, 1.82) is 5.41 Å². The summed E-state index contributed by atoms with van der Waals surface area (Å²) >= 11 is 0. The predicted octanol–water partition coefficient (Wildman–Crippen LogP) is 2.08. The Morgan fingerprint density at radius 3 is 2.68 bits per heavy atom. The van der Waals surface area contributed by atoms with Crippen LogP contribution in [0.5, 0.6) is 0 Å². The SMILES string of the molecule is CNCc1cccc(CN2C(=N)NC(C)(CC(C)C)C2=O)c1. The van der Waals surface area contributed by atoms with E-state index in [0.717, 1.165) is 18.5 Å². The fourth-order valence-corrected chi connectivity index (χ4v) is 3.11. The second-order valence-corrected chi connectivity index (χ2v) is 6.65. The van der Waals surface area contributed by atoms with E-state index >= 15 is 0 Å². The number of benzene rings is 1. The molecular weight excluding hydrogens is 276 g/mol. The summed E-state index contributed by atoms with van der Waals surface area (Å²) < 4.78 is 0. The summed E-state index contributed by atoms with van der Waals surface area (Å²) in [7, 11) is 1.91. The van der Waals surface area contributed by atoms with Crippen LogP contribution in [0.2, 0.25) is 0 Å². The number of nitrogens with one attached hydrogen (secondary N) is 3. The largest absolute Gasteiger partial charge is 0.342 e. The Balaban J connectivity index is 2.14. The van der Waals surface area contributed by atoms with Gasteiger partial charge in [-0.3, -0.25) is 15.1 Å². The lowest BCUT2D eigenvalue weighted by Crippen LogP contribution is -2.44. The normalized spacial score (nSPS) is 21.6. The van der Waals surface area contributed by atoms with Crippen molar-refractivity contribution < 1.29 is 4.79 Å². The maximum absolute atomic E-state index is 12.7. The van der Waals surface area contributed by atoms with Gasteiger partial charge in [0.25, 0.3) is 5.91 Å². The fourth-order valence-electron chi connectivity index (χ4n) is 3.11. The molecule has 0 spiro atoms. The Bertz CT molecular complexity index is 570. The lowest BCUT2D eigenvalue weighted by Gasteiger charge is -2.24. The molecule has 1 aliphatic rings. The molecule has 1 atom stereocenters. The van der Waals surface area contributed by atoms with E-state index in [1.807, 2.05) is 26.1 Å². The molecule has 1 fully saturated rings. The summed E-state index contributed by atoms with van der Waals surface area (Å²) in [5.41, 5.74) is 1.56. The van der Waals surface area contributed by atoms with Crippen LogP contribution in [0.15, 0.2) is 24.3 Å². The van der Waals surface area contributed by atoms with Gasteiger partial charge in [-0.25, -0.2) is 0 Å². The van der Waals surface area contributed by atoms with Crippen molar-refractivity contribution in [3.05, 3.63) is 35.4 Å². The van der Waals surface area contributed by atoms with Crippen LogP contribution in [-0.2, 0) is 17.9 Å². The molecule has 1 aromatic rings. The third kappa shape index (κ3) is 3.47. The number of amides is 1. The molecule has 1 aliphatic heterocycles. The van der Waals surface area contributed by atoms with Crippen molar-refractivity contribution in [2.24, 2.45) is 5.92 Å². The first kappa shape index (κ1) is 16.5. The van der Waals surface area contributed by atoms with Crippen molar-refractivity contribution in [2.45, 2.75) is 45.8 Å². The Morgan fingerprint density at radius 2 is 2.05 bits per heavy atom. The Hall–Kier alpha value is -1.88. The summed E-state index contributed by atoms with van der Waals surface area (Å²) in [5, 5.41) is 14.3. The highest BCUT2D eigenvalue weighted by molar-refractivity contribution is 6.07. The van der Waals surface area contributed by atoms with Crippen LogP contribution in [0, 0.1) is 11.3 Å². The van der Waals surface area contributed by atoms with E-state index in [-0.39, 0.29) is 11.9 Å². The van der Waals surface area contributed by atoms with E-state index in [9.17, 15) is 4.79 Å². The lowest BCUT2D eigenvalue weighted by atomic mass is 9.91. The van der Waals surface area contributed by atoms with Gasteiger partial charge in [-0.1, -0.05) is 38.1 Å². The van der Waals surface area contributed by atoms with Gasteiger partial charge in [0, 0.05) is 6.54 Å². The highest BCUT2D eigenvalue weighted by Crippen LogP contribution is 2.26. The van der Waals surface area contributed by atoms with Crippen LogP contribution >= 0.6 is 0 Å². The summed E-state index contributed by atoms with van der Waals surface area (Å²) in [6.07, 6.45) is 0.727. The zero-order valence-corrected chi connectivity index (χ0v) is 13.9. The average Bonchev–Trinajstić information content (AvgIpc) is 2.62. The molecule has 1 saturated heterocycles. The second kappa shape index (κ2) is 6.48. The number of rotatable bonds is 6. The van der Waals surface area contributed by atoms with Crippen LogP contribution in [-0.4, -0.2) is 29.4 Å². The number of carbonyl (C=O) groups is 1. The molecule has 22 heavy (non-hydrogen) atoms. The monoisotopic (exact) mass is 302 g/mol. The Labute approximate surface area is 132 Å². The van der Waals surface area contributed by atoms with Crippen LogP contribution in [0.1, 0.15) is 38.3 Å². The van der Waals surface area contributed by atoms with E-state index in [2.05, 4.69) is 36.6 Å². The molecular formula is C17H26N4O. The van der Waals surface area contributed by atoms with Crippen molar-refractivity contribution in [1.82, 2.24) is 15.5 Å². The van der Waals surface area contributed by atoms with E-state index < -0.39 is 5.54 Å². The first-order valence-electron chi connectivity index (χ1n) is 7.77. The molecule has 2 rings (SSSR count). The predicted molar refractivity (Wildman–Crippen MR) is 88.5 cm³/mol. The molecule has 0 radical (unpaired) electrons. The molecule has 120 valence electrons. The molecule has 1 unspecified atom stereocenters. The van der Waals surface area contributed by atoms with Gasteiger partial charge < -0.3 is 10.6 Å². The molecule has 5 heteroatoms. The van der Waals surface area contributed by atoms with Crippen molar-refractivity contribution in [3.8, 4) is 0 Å². The first-order valence-corrected chi connectivity index (χ1v) is 7.77. The third-order valence-electron chi connectivity index (χ3n) is 3.91. The van der Waals surface area contributed by atoms with Crippen LogP contribution in [0.25, 0.3) is 0 Å². The van der Waals surface area contributed by atoms with Gasteiger partial charge in [0.2, 0.25) is 0 Å². The van der Waals surface area contributed by atoms with Gasteiger partial charge in [-0.05, 0) is 37.4 Å². The van der Waals surface area contributed by atoms with Crippen molar-refractivity contribution in [2.75, 3.05) is 7.05 Å². The van der Waals surface area contributed by atoms with E-state index in [0.29, 0.717) is 12.5 Å². The average molecular weight is 302 g/mol. The first-order chi connectivity index (χ1) is 10.4. The standard InChI is InChI=1S/C17H26N4O/c1-12(2)9-17(3)15(22)21(16(18)20-17)11-14-7-5-6-13(8-14)10-19-4/h5-8,12,19H,9-11H2,1-4H3,(H2,18,20). The number of hydrogen-bond acceptors (Lipinski definition) is 3. The van der Waals surface area contributed by atoms with Gasteiger partial charge in [0.05, 0.1) is 6.54 Å². The Morgan fingerprint density at radius 1 is 1.36 bits per heavy atom. The summed E-state index contributed by atoms with van der Waals surface area (Å²) in [6.45, 7) is 7.31. The molecule has 0 aromatic heterocycles. The second-order valence-electron chi connectivity index (χ2n) is 6.65. The van der Waals surface area contributed by atoms with E-state index in [1.165, 1.54) is 5.56 Å². The van der Waals surface area contributed by atoms with Gasteiger partial charge in [0.1, 0.15) is 5.54 Å². The highest BCUT2D eigenvalue weighted by Gasteiger charge is 2.45. The van der Waals surface area contributed by atoms with Crippen LogP contribution < -0.4 is 10.6 Å². The third-order valence-corrected chi connectivity index (χ3v) is 3.91. The summed E-state index contributed by atoms with van der Waals surface area (Å²) in [4.78, 5) is 14.2. The topological polar surface area (TPSA) is 68.2 Å². The van der Waals surface area contributed by atoms with Gasteiger partial charge in [-0.2, -0.15) is 0 Å². The molecule has 1 heterocycles. The molecule has 0 aliphatic carbocycles. The van der Waals surface area contributed by atoms with Gasteiger partial charge >= 0.3 is 0 Å². The molecule has 1 aromatic carbocycles. The maximum Gasteiger partial charge on any atom is 0.255 e. The van der Waals surface area contributed by atoms with Crippen LogP contribution in [0.4, 0.5) is 0 Å². The lowest BCUT2D eigenvalue weighted by molar-refractivity contribution is -0.131. The molecule has 0 saturated carbocycles. The van der Waals surface area contributed by atoms with Crippen LogP contribution in [0.3, 0.4) is 0 Å². The summed E-state index contributed by atoms with van der Waals surface area (Å²) in [6, 6.07) is 8.12. The zero-order valence-electron chi connectivity index (χ0n) is 13.9. The molecule has 3 N–H and O–H groups in total. The van der Waals surface area contributed by atoms with Gasteiger partial charge in [0.15, 0.2) is 5.96 Å². The highest BCUT2D eigenvalue weighted by atomic mass is 16.2.